The molecule has 2 fully saturated rings. The minimum absolute atomic E-state index is 0.0130. The van der Waals surface area contributed by atoms with Crippen LogP contribution in [-0.4, -0.2) is 75.8 Å². The molecule has 0 spiro atoms. The van der Waals surface area contributed by atoms with E-state index >= 15 is 0 Å². The van der Waals surface area contributed by atoms with E-state index in [2.05, 4.69) is 64.9 Å². The molecule has 0 saturated carbocycles. The van der Waals surface area contributed by atoms with Crippen molar-refractivity contribution in [3.63, 3.8) is 0 Å². The molecule has 6 rings (SSSR count). The summed E-state index contributed by atoms with van der Waals surface area (Å²) in [5.74, 6) is -0.657. The minimum Gasteiger partial charge on any atom is -0.481 e. The third-order valence-electron chi connectivity index (χ3n) is 10.3. The number of carbonyl (C=O) groups is 4. The molecule has 2 saturated heterocycles. The van der Waals surface area contributed by atoms with Crippen molar-refractivity contribution in [2.75, 3.05) is 19.8 Å². The van der Waals surface area contributed by atoms with Crippen molar-refractivity contribution in [3.05, 3.63) is 90.9 Å². The van der Waals surface area contributed by atoms with E-state index in [1.54, 1.807) is 6.07 Å². The Bertz CT molecular complexity index is 2080. The van der Waals surface area contributed by atoms with Crippen molar-refractivity contribution in [1.82, 2.24) is 25.9 Å². The lowest BCUT2D eigenvalue weighted by Gasteiger charge is -2.19. The zero-order chi connectivity index (χ0) is 42.8. The van der Waals surface area contributed by atoms with Crippen molar-refractivity contribution in [2.45, 2.75) is 90.6 Å². The highest BCUT2D eigenvalue weighted by Gasteiger charge is 2.24. The van der Waals surface area contributed by atoms with Gasteiger partial charge in [0.1, 0.15) is 26.4 Å². The smallest absolute Gasteiger partial charge is 0.317 e. The Balaban J connectivity index is 1.16. The van der Waals surface area contributed by atoms with Crippen LogP contribution in [-0.2, 0) is 45.4 Å². The van der Waals surface area contributed by atoms with Crippen LogP contribution in [0.2, 0.25) is 0 Å². The van der Waals surface area contributed by atoms with Crippen molar-refractivity contribution >= 4 is 55.6 Å². The molecular weight excluding hydrogens is 906 g/mol. The number of carbonyl (C=O) groups excluding carboxylic acids is 2. The standard InChI is InChI=1S/C43H47Br2N5O10/c1-24-27(20-57-42-34(44)16-26(6-5-11-38(53)54)40(49-42)59-22-30-12-14-36(51)47-30)7-3-9-32(24)33-10-4-8-28(25(33)2)21-58-43-35(45)17-29(18-46-19-39(55)56)41(50-43)60-23-31-13-15-37(52)48-31/h3-4,7-10,16-17,30-31,46H,5-6,11-15,18-23H2,1-2H3,(H,47,51)(H,48,52)(H,53,54)(H,55,56)/t30-,31-/m1/s1. The quantitative estimate of drug-likeness (QED) is 0.0619. The Hall–Kier alpha value is -5.26. The normalized spacial score (nSPS) is 16.0. The van der Waals surface area contributed by atoms with E-state index in [-0.39, 0.29) is 75.7 Å². The molecule has 4 heterocycles. The van der Waals surface area contributed by atoms with Crippen molar-refractivity contribution < 1.29 is 48.3 Å². The highest BCUT2D eigenvalue weighted by Crippen LogP contribution is 2.35. The second-order valence-corrected chi connectivity index (χ2v) is 16.4. The number of nitrogens with zero attached hydrogens (tertiary/aromatic N) is 2. The number of benzene rings is 2. The number of hydrogen-bond donors (Lipinski definition) is 5. The van der Waals surface area contributed by atoms with Gasteiger partial charge in [-0.1, -0.05) is 36.4 Å². The van der Waals surface area contributed by atoms with Gasteiger partial charge >= 0.3 is 11.9 Å². The summed E-state index contributed by atoms with van der Waals surface area (Å²) in [7, 11) is 0. The number of pyridine rings is 2. The predicted octanol–water partition coefficient (Wildman–Crippen LogP) is 6.34. The summed E-state index contributed by atoms with van der Waals surface area (Å²) in [6.07, 6.45) is 3.07. The minimum atomic E-state index is -0.986. The first-order chi connectivity index (χ1) is 28.8. The van der Waals surface area contributed by atoms with Gasteiger partial charge in [-0.3, -0.25) is 19.2 Å². The predicted molar refractivity (Wildman–Crippen MR) is 227 cm³/mol. The summed E-state index contributed by atoms with van der Waals surface area (Å²) in [4.78, 5) is 55.1. The second kappa shape index (κ2) is 20.8. The molecule has 2 atom stereocenters. The number of aromatic nitrogens is 2. The third-order valence-corrected chi connectivity index (χ3v) is 11.5. The summed E-state index contributed by atoms with van der Waals surface area (Å²) < 4.78 is 25.9. The molecule has 15 nitrogen and oxygen atoms in total. The SMILES string of the molecule is Cc1c(COc2nc(OC[C@H]3CCC(=O)N3)c(CCCC(=O)O)cc2Br)cccc1-c1cccc(COc2nc(OC[C@H]3CCC(=O)N3)c(CNCC(=O)O)cc2Br)c1C. The fraction of sp³-hybridized carbons (Fsp3) is 0.395. The van der Waals surface area contributed by atoms with E-state index in [9.17, 15) is 24.3 Å². The second-order valence-electron chi connectivity index (χ2n) is 14.7. The van der Waals surface area contributed by atoms with Crippen LogP contribution in [0.3, 0.4) is 0 Å². The number of nitrogens with one attached hydrogen (secondary N) is 3. The highest BCUT2D eigenvalue weighted by atomic mass is 79.9. The number of aryl methyl sites for hydroxylation is 1. The van der Waals surface area contributed by atoms with E-state index < -0.39 is 11.9 Å². The van der Waals surface area contributed by atoms with Gasteiger partial charge in [0, 0.05) is 36.9 Å². The average Bonchev–Trinajstić information content (AvgIpc) is 3.83. The maximum atomic E-state index is 11.7. The topological polar surface area (TPSA) is 208 Å². The first kappa shape index (κ1) is 44.3. The Kier molecular flexibility index (Phi) is 15.4. The number of ether oxygens (including phenoxy) is 4. The van der Waals surface area contributed by atoms with E-state index in [1.165, 1.54) is 0 Å². The first-order valence-corrected chi connectivity index (χ1v) is 21.2. The summed E-state index contributed by atoms with van der Waals surface area (Å²) in [6, 6.07) is 15.4. The molecule has 0 aliphatic carbocycles. The van der Waals surface area contributed by atoms with Crippen molar-refractivity contribution in [2.24, 2.45) is 0 Å². The zero-order valence-corrected chi connectivity index (χ0v) is 36.4. The number of amides is 2. The van der Waals surface area contributed by atoms with Crippen LogP contribution < -0.4 is 34.9 Å². The number of hydrogen-bond acceptors (Lipinski definition) is 11. The monoisotopic (exact) mass is 951 g/mol. The van der Waals surface area contributed by atoms with Crippen LogP contribution in [0, 0.1) is 13.8 Å². The lowest BCUT2D eigenvalue weighted by Crippen LogP contribution is -2.31. The summed E-state index contributed by atoms with van der Waals surface area (Å²) in [5, 5.41) is 26.9. The molecule has 2 aromatic carbocycles. The van der Waals surface area contributed by atoms with Gasteiger partial charge < -0.3 is 45.1 Å². The third kappa shape index (κ3) is 11.9. The van der Waals surface area contributed by atoms with Gasteiger partial charge in [-0.15, -0.1) is 0 Å². The van der Waals surface area contributed by atoms with Gasteiger partial charge in [-0.25, -0.2) is 0 Å². The van der Waals surface area contributed by atoms with E-state index in [4.69, 9.17) is 29.0 Å². The van der Waals surface area contributed by atoms with Gasteiger partial charge in [0.25, 0.3) is 0 Å². The van der Waals surface area contributed by atoms with E-state index in [0.717, 1.165) is 38.9 Å². The van der Waals surface area contributed by atoms with Crippen molar-refractivity contribution in [1.29, 1.82) is 0 Å². The fourth-order valence-electron chi connectivity index (χ4n) is 7.00. The molecule has 0 bridgehead atoms. The Morgan fingerprint density at radius 2 is 1.22 bits per heavy atom. The maximum absolute atomic E-state index is 11.7. The Morgan fingerprint density at radius 1 is 0.717 bits per heavy atom. The van der Waals surface area contributed by atoms with Crippen LogP contribution in [0.25, 0.3) is 11.1 Å². The van der Waals surface area contributed by atoms with Gasteiger partial charge in [-0.05, 0) is 117 Å². The molecule has 2 aliphatic rings. The summed E-state index contributed by atoms with van der Waals surface area (Å²) in [6.45, 7) is 4.91. The molecule has 0 radical (unpaired) electrons. The van der Waals surface area contributed by atoms with Gasteiger partial charge in [-0.2, -0.15) is 9.97 Å². The van der Waals surface area contributed by atoms with E-state index in [0.29, 0.717) is 70.7 Å². The zero-order valence-electron chi connectivity index (χ0n) is 33.3. The molecule has 2 amide bonds. The molecule has 60 heavy (non-hydrogen) atoms. The average molecular weight is 954 g/mol. The van der Waals surface area contributed by atoms with Gasteiger partial charge in [0.15, 0.2) is 0 Å². The van der Waals surface area contributed by atoms with Crippen molar-refractivity contribution in [3.8, 4) is 34.6 Å². The summed E-state index contributed by atoms with van der Waals surface area (Å²) in [5.41, 5.74) is 7.33. The number of halogens is 2. The molecule has 4 aromatic rings. The number of carboxylic acids is 2. The molecule has 2 aliphatic heterocycles. The van der Waals surface area contributed by atoms with Gasteiger partial charge in [0.2, 0.25) is 35.3 Å². The molecule has 318 valence electrons. The molecular formula is C43H47Br2N5O10. The number of carboxylic acid groups (broad SMARTS) is 2. The van der Waals surface area contributed by atoms with Gasteiger partial charge in [0.05, 0.1) is 27.6 Å². The van der Waals surface area contributed by atoms with Crippen LogP contribution in [0.4, 0.5) is 0 Å². The van der Waals surface area contributed by atoms with Crippen LogP contribution in [0.1, 0.15) is 71.9 Å². The van der Waals surface area contributed by atoms with Crippen LogP contribution in [0.5, 0.6) is 23.5 Å². The highest BCUT2D eigenvalue weighted by molar-refractivity contribution is 9.10. The van der Waals surface area contributed by atoms with Crippen LogP contribution >= 0.6 is 31.9 Å². The Morgan fingerprint density at radius 3 is 1.68 bits per heavy atom. The molecule has 0 unspecified atom stereocenters. The number of aliphatic carboxylic acids is 2. The Labute approximate surface area is 364 Å². The van der Waals surface area contributed by atoms with E-state index in [1.807, 2.05) is 44.2 Å². The largest absolute Gasteiger partial charge is 0.481 e. The lowest BCUT2D eigenvalue weighted by molar-refractivity contribution is -0.137. The van der Waals surface area contributed by atoms with Crippen LogP contribution in [0.15, 0.2) is 57.5 Å². The molecule has 17 heteroatoms. The lowest BCUT2D eigenvalue weighted by atomic mass is 9.92. The fourth-order valence-corrected chi connectivity index (χ4v) is 7.96. The maximum Gasteiger partial charge on any atom is 0.317 e. The molecule has 5 N–H and O–H groups in total. The number of rotatable bonds is 21. The summed E-state index contributed by atoms with van der Waals surface area (Å²) >= 11 is 7.16. The first-order valence-electron chi connectivity index (χ1n) is 19.6. The molecule has 2 aromatic heterocycles.